The van der Waals surface area contributed by atoms with Crippen molar-refractivity contribution in [2.24, 2.45) is 0 Å². The fourth-order valence-electron chi connectivity index (χ4n) is 1.91. The lowest BCUT2D eigenvalue weighted by atomic mass is 10.0. The van der Waals surface area contributed by atoms with E-state index in [0.29, 0.717) is 6.42 Å². The molecule has 80 valence electrons. The molecule has 0 spiro atoms. The lowest BCUT2D eigenvalue weighted by Gasteiger charge is -2.11. The molecule has 1 aromatic rings. The van der Waals surface area contributed by atoms with Crippen molar-refractivity contribution in [3.05, 3.63) is 29.3 Å². The first-order valence-electron chi connectivity index (χ1n) is 5.07. The van der Waals surface area contributed by atoms with Crippen molar-refractivity contribution in [3.63, 3.8) is 0 Å². The molecule has 0 aromatic heterocycles. The number of ketones is 1. The second kappa shape index (κ2) is 4.35. The maximum Gasteiger partial charge on any atom is 0.163 e. The van der Waals surface area contributed by atoms with Crippen LogP contribution in [0.1, 0.15) is 40.0 Å². The molecule has 1 aromatic carbocycles. The standard InChI is InChI=1S/C12H13BrO2/c1-15-8-5-6-9-10(7-8)11(13)3-2-4-12(9)14/h5-7,11H,2-4H2,1H3. The van der Waals surface area contributed by atoms with Gasteiger partial charge in [-0.2, -0.15) is 0 Å². The van der Waals surface area contributed by atoms with Crippen molar-refractivity contribution in [1.82, 2.24) is 0 Å². The Morgan fingerprint density at radius 2 is 2.27 bits per heavy atom. The van der Waals surface area contributed by atoms with Gasteiger partial charge in [0, 0.05) is 16.8 Å². The Hall–Kier alpha value is -0.830. The quantitative estimate of drug-likeness (QED) is 0.576. The molecular formula is C12H13BrO2. The molecule has 0 saturated heterocycles. The first-order chi connectivity index (χ1) is 7.22. The molecule has 15 heavy (non-hydrogen) atoms. The molecule has 0 amide bonds. The van der Waals surface area contributed by atoms with E-state index in [1.807, 2.05) is 18.2 Å². The van der Waals surface area contributed by atoms with E-state index in [4.69, 9.17) is 4.74 Å². The zero-order valence-corrected chi connectivity index (χ0v) is 10.2. The second-order valence-corrected chi connectivity index (χ2v) is 4.84. The molecule has 0 aliphatic heterocycles. The normalized spacial score (nSPS) is 20.7. The summed E-state index contributed by atoms with van der Waals surface area (Å²) in [6.07, 6.45) is 2.61. The zero-order valence-electron chi connectivity index (χ0n) is 8.63. The van der Waals surface area contributed by atoms with Gasteiger partial charge < -0.3 is 4.74 Å². The number of halogens is 1. The first kappa shape index (κ1) is 10.7. The summed E-state index contributed by atoms with van der Waals surface area (Å²) in [5.74, 6) is 1.06. The van der Waals surface area contributed by atoms with Crippen LogP contribution in [0, 0.1) is 0 Å². The Labute approximate surface area is 97.8 Å². The number of hydrogen-bond donors (Lipinski definition) is 0. The maximum atomic E-state index is 11.8. The number of carbonyl (C=O) groups excluding carboxylic acids is 1. The fourth-order valence-corrected chi connectivity index (χ4v) is 2.62. The zero-order chi connectivity index (χ0) is 10.8. The van der Waals surface area contributed by atoms with Crippen molar-refractivity contribution in [1.29, 1.82) is 0 Å². The van der Waals surface area contributed by atoms with Crippen LogP contribution in [0.15, 0.2) is 18.2 Å². The monoisotopic (exact) mass is 268 g/mol. The summed E-state index contributed by atoms with van der Waals surface area (Å²) in [7, 11) is 1.64. The predicted octanol–water partition coefficient (Wildman–Crippen LogP) is 3.50. The Morgan fingerprint density at radius 1 is 1.47 bits per heavy atom. The van der Waals surface area contributed by atoms with E-state index in [0.717, 1.165) is 29.7 Å². The average Bonchev–Trinajstić information content (AvgIpc) is 2.40. The average molecular weight is 269 g/mol. The Bertz CT molecular complexity index is 387. The van der Waals surface area contributed by atoms with Crippen LogP contribution in [0.4, 0.5) is 0 Å². The van der Waals surface area contributed by atoms with Gasteiger partial charge in [0.1, 0.15) is 5.75 Å². The molecule has 1 unspecified atom stereocenters. The molecule has 1 aliphatic rings. The van der Waals surface area contributed by atoms with Gasteiger partial charge in [-0.1, -0.05) is 15.9 Å². The smallest absolute Gasteiger partial charge is 0.163 e. The van der Waals surface area contributed by atoms with Crippen molar-refractivity contribution in [3.8, 4) is 5.75 Å². The van der Waals surface area contributed by atoms with Crippen LogP contribution in [0.3, 0.4) is 0 Å². The minimum atomic E-state index is 0.245. The molecule has 0 heterocycles. The van der Waals surface area contributed by atoms with Crippen molar-refractivity contribution in [2.45, 2.75) is 24.1 Å². The number of benzene rings is 1. The number of ether oxygens (including phenoxy) is 1. The highest BCUT2D eigenvalue weighted by molar-refractivity contribution is 9.09. The number of alkyl halides is 1. The molecule has 0 N–H and O–H groups in total. The molecule has 3 heteroatoms. The summed E-state index contributed by atoms with van der Waals surface area (Å²) >= 11 is 3.62. The van der Waals surface area contributed by atoms with Crippen LogP contribution in [-0.2, 0) is 0 Å². The topological polar surface area (TPSA) is 26.3 Å². The van der Waals surface area contributed by atoms with Crippen LogP contribution < -0.4 is 4.74 Å². The number of methoxy groups -OCH3 is 1. The minimum Gasteiger partial charge on any atom is -0.497 e. The van der Waals surface area contributed by atoms with E-state index in [1.165, 1.54) is 0 Å². The largest absolute Gasteiger partial charge is 0.497 e. The van der Waals surface area contributed by atoms with Crippen molar-refractivity contribution in [2.75, 3.05) is 7.11 Å². The summed E-state index contributed by atoms with van der Waals surface area (Å²) in [5, 5.41) is 0. The van der Waals surface area contributed by atoms with Crippen LogP contribution in [-0.4, -0.2) is 12.9 Å². The van der Waals surface area contributed by atoms with E-state index in [-0.39, 0.29) is 10.6 Å². The van der Waals surface area contributed by atoms with Crippen LogP contribution >= 0.6 is 15.9 Å². The SMILES string of the molecule is COc1ccc2c(c1)C(Br)CCCC2=O. The van der Waals surface area contributed by atoms with Gasteiger partial charge in [-0.15, -0.1) is 0 Å². The van der Waals surface area contributed by atoms with Gasteiger partial charge in [0.15, 0.2) is 5.78 Å². The lowest BCUT2D eigenvalue weighted by molar-refractivity contribution is 0.0982. The predicted molar refractivity (Wildman–Crippen MR) is 62.8 cm³/mol. The highest BCUT2D eigenvalue weighted by Gasteiger charge is 2.21. The summed E-state index contributed by atoms with van der Waals surface area (Å²) in [6.45, 7) is 0. The van der Waals surface area contributed by atoms with Gasteiger partial charge in [0.25, 0.3) is 0 Å². The fraction of sp³-hybridized carbons (Fsp3) is 0.417. The number of hydrogen-bond acceptors (Lipinski definition) is 2. The van der Waals surface area contributed by atoms with Gasteiger partial charge in [0.2, 0.25) is 0 Å². The van der Waals surface area contributed by atoms with Gasteiger partial charge in [-0.3, -0.25) is 4.79 Å². The summed E-state index contributed by atoms with van der Waals surface area (Å²) in [6, 6.07) is 5.68. The summed E-state index contributed by atoms with van der Waals surface area (Å²) < 4.78 is 5.17. The third-order valence-corrected chi connectivity index (χ3v) is 3.71. The van der Waals surface area contributed by atoms with E-state index in [1.54, 1.807) is 7.11 Å². The molecule has 0 fully saturated rings. The maximum absolute atomic E-state index is 11.8. The van der Waals surface area contributed by atoms with Crippen LogP contribution in [0.25, 0.3) is 0 Å². The minimum absolute atomic E-state index is 0.245. The molecule has 0 saturated carbocycles. The number of carbonyl (C=O) groups is 1. The molecule has 0 radical (unpaired) electrons. The molecule has 1 atom stereocenters. The summed E-state index contributed by atoms with van der Waals surface area (Å²) in [5.41, 5.74) is 1.91. The Balaban J connectivity index is 2.50. The molecule has 2 nitrogen and oxygen atoms in total. The highest BCUT2D eigenvalue weighted by atomic mass is 79.9. The number of fused-ring (bicyclic) bond motifs is 1. The van der Waals surface area contributed by atoms with Gasteiger partial charge in [-0.25, -0.2) is 0 Å². The van der Waals surface area contributed by atoms with E-state index >= 15 is 0 Å². The third-order valence-electron chi connectivity index (χ3n) is 2.76. The van der Waals surface area contributed by atoms with Crippen molar-refractivity contribution < 1.29 is 9.53 Å². The molecular weight excluding hydrogens is 256 g/mol. The van der Waals surface area contributed by atoms with Gasteiger partial charge in [-0.05, 0) is 36.6 Å². The highest BCUT2D eigenvalue weighted by Crippen LogP contribution is 2.36. The van der Waals surface area contributed by atoms with Gasteiger partial charge in [0.05, 0.1) is 7.11 Å². The van der Waals surface area contributed by atoms with Crippen molar-refractivity contribution >= 4 is 21.7 Å². The summed E-state index contributed by atoms with van der Waals surface area (Å²) in [4.78, 5) is 12.1. The number of Topliss-reactive ketones (excluding diaryl/α,β-unsaturated/α-hetero) is 1. The number of rotatable bonds is 1. The Kier molecular flexibility index (Phi) is 3.10. The van der Waals surface area contributed by atoms with Crippen LogP contribution in [0.2, 0.25) is 0 Å². The first-order valence-corrected chi connectivity index (χ1v) is 5.99. The molecule has 1 aliphatic carbocycles. The van der Waals surface area contributed by atoms with Crippen LogP contribution in [0.5, 0.6) is 5.75 Å². The van der Waals surface area contributed by atoms with Gasteiger partial charge >= 0.3 is 0 Å². The van der Waals surface area contributed by atoms with E-state index in [2.05, 4.69) is 15.9 Å². The molecule has 0 bridgehead atoms. The van der Waals surface area contributed by atoms with E-state index in [9.17, 15) is 4.79 Å². The third kappa shape index (κ3) is 2.07. The second-order valence-electron chi connectivity index (χ2n) is 3.74. The van der Waals surface area contributed by atoms with E-state index < -0.39 is 0 Å². The molecule has 2 rings (SSSR count). The lowest BCUT2D eigenvalue weighted by Crippen LogP contribution is -2.01. The Morgan fingerprint density at radius 3 is 3.00 bits per heavy atom.